The van der Waals surface area contributed by atoms with E-state index in [9.17, 15) is 9.18 Å². The minimum Gasteiger partial charge on any atom is -0.462 e. The number of aromatic nitrogens is 3. The highest BCUT2D eigenvalue weighted by molar-refractivity contribution is 5.91. The molecule has 8 nitrogen and oxygen atoms in total. The summed E-state index contributed by atoms with van der Waals surface area (Å²) >= 11 is 0. The Labute approximate surface area is 187 Å². The summed E-state index contributed by atoms with van der Waals surface area (Å²) in [5.74, 6) is 1.39. The third kappa shape index (κ3) is 5.59. The lowest BCUT2D eigenvalue weighted by atomic mass is 10.2. The Bertz CT molecular complexity index is 943. The van der Waals surface area contributed by atoms with Crippen LogP contribution >= 0.6 is 0 Å². The Balaban J connectivity index is 1.20. The summed E-state index contributed by atoms with van der Waals surface area (Å²) in [6, 6.07) is 3.94. The number of nitrogens with zero attached hydrogens (tertiary/aromatic N) is 5. The molecule has 2 aliphatic rings. The number of hydrogen-bond donors (Lipinski definition) is 1. The Kier molecular flexibility index (Phi) is 6.94. The first-order valence-electron chi connectivity index (χ1n) is 10.9. The molecular weight excluding hydrogens is 411 g/mol. The molecule has 1 saturated heterocycles. The summed E-state index contributed by atoms with van der Waals surface area (Å²) in [5.41, 5.74) is 0.891. The van der Waals surface area contributed by atoms with E-state index >= 15 is 0 Å². The van der Waals surface area contributed by atoms with E-state index in [2.05, 4.69) is 20.3 Å². The number of carbonyl (C=O) groups is 1. The number of fused-ring (bicyclic) bond motifs is 1. The van der Waals surface area contributed by atoms with Crippen LogP contribution in [0.3, 0.4) is 0 Å². The summed E-state index contributed by atoms with van der Waals surface area (Å²) in [5, 5.41) is 2.94. The third-order valence-electron chi connectivity index (χ3n) is 6.03. The van der Waals surface area contributed by atoms with Gasteiger partial charge in [0, 0.05) is 44.6 Å². The summed E-state index contributed by atoms with van der Waals surface area (Å²) in [6.45, 7) is 3.38. The van der Waals surface area contributed by atoms with Crippen molar-refractivity contribution in [2.24, 2.45) is 17.8 Å². The number of piperidine rings is 1. The fourth-order valence-corrected chi connectivity index (χ4v) is 4.27. The third-order valence-corrected chi connectivity index (χ3v) is 6.03. The van der Waals surface area contributed by atoms with Crippen molar-refractivity contribution < 1.29 is 13.9 Å². The highest BCUT2D eigenvalue weighted by Crippen LogP contribution is 2.54. The summed E-state index contributed by atoms with van der Waals surface area (Å²) in [4.78, 5) is 28.2. The van der Waals surface area contributed by atoms with Gasteiger partial charge in [0.2, 0.25) is 5.91 Å². The largest absolute Gasteiger partial charge is 0.462 e. The van der Waals surface area contributed by atoms with E-state index in [-0.39, 0.29) is 11.9 Å². The molecule has 0 radical (unpaired) electrons. The van der Waals surface area contributed by atoms with E-state index < -0.39 is 5.82 Å². The van der Waals surface area contributed by atoms with Gasteiger partial charge in [0.15, 0.2) is 11.6 Å². The molecule has 1 aliphatic heterocycles. The van der Waals surface area contributed by atoms with Gasteiger partial charge in [-0.15, -0.1) is 0 Å². The van der Waals surface area contributed by atoms with Gasteiger partial charge < -0.3 is 19.9 Å². The molecule has 1 saturated carbocycles. The number of hydrogen-bond acceptors (Lipinski definition) is 7. The van der Waals surface area contributed by atoms with Crippen LogP contribution in [0.15, 0.2) is 36.8 Å². The number of halogens is 1. The van der Waals surface area contributed by atoms with Gasteiger partial charge >= 0.3 is 6.01 Å². The summed E-state index contributed by atoms with van der Waals surface area (Å²) in [7, 11) is 3.91. The first-order chi connectivity index (χ1) is 15.5. The van der Waals surface area contributed by atoms with Crippen molar-refractivity contribution in [1.29, 1.82) is 0 Å². The molecule has 1 aliphatic carbocycles. The molecule has 2 aromatic heterocycles. The molecule has 3 atom stereocenters. The van der Waals surface area contributed by atoms with Gasteiger partial charge in [-0.3, -0.25) is 9.78 Å². The van der Waals surface area contributed by atoms with Gasteiger partial charge in [-0.25, -0.2) is 9.37 Å². The van der Waals surface area contributed by atoms with Gasteiger partial charge in [0.25, 0.3) is 0 Å². The molecule has 170 valence electrons. The molecule has 2 aromatic rings. The molecule has 9 heteroatoms. The van der Waals surface area contributed by atoms with Crippen molar-refractivity contribution in [2.75, 3.05) is 51.8 Å². The molecular formula is C23H29FN6O2. The predicted octanol–water partition coefficient (Wildman–Crippen LogP) is 1.85. The highest BCUT2D eigenvalue weighted by atomic mass is 19.1. The van der Waals surface area contributed by atoms with Crippen LogP contribution in [0, 0.1) is 23.6 Å². The number of nitrogens with one attached hydrogen (secondary N) is 1. The maximum absolute atomic E-state index is 14.3. The van der Waals surface area contributed by atoms with Crippen molar-refractivity contribution in [3.8, 4) is 6.01 Å². The highest BCUT2D eigenvalue weighted by Gasteiger charge is 2.55. The first kappa shape index (κ1) is 22.1. The Morgan fingerprint density at radius 2 is 2.16 bits per heavy atom. The van der Waals surface area contributed by atoms with Crippen molar-refractivity contribution in [1.82, 2.24) is 25.2 Å². The zero-order valence-corrected chi connectivity index (χ0v) is 18.4. The second kappa shape index (κ2) is 10.0. The molecule has 1 N–H and O–H groups in total. The predicted molar refractivity (Wildman–Crippen MR) is 120 cm³/mol. The quantitative estimate of drug-likeness (QED) is 0.565. The van der Waals surface area contributed by atoms with Crippen molar-refractivity contribution in [3.63, 3.8) is 0 Å². The molecule has 4 rings (SSSR count). The average Bonchev–Trinajstić information content (AvgIpc) is 3.22. The molecule has 3 heterocycles. The Morgan fingerprint density at radius 3 is 2.88 bits per heavy atom. The molecule has 0 bridgehead atoms. The van der Waals surface area contributed by atoms with Crippen molar-refractivity contribution >= 4 is 17.8 Å². The Morgan fingerprint density at radius 1 is 1.34 bits per heavy atom. The monoisotopic (exact) mass is 440 g/mol. The standard InChI is InChI=1S/C23H29FN6O2/c1-29(2)10-11-32-23-27-13-20(24)22(28-23)30-14-18-17(19(18)15-30)7-9-26-21(31)6-5-16-4-3-8-25-12-16/h3-6,8,12-13,17-19H,7,9-11,14-15H2,1-2H3,(H,26,31)/b6-5+/t17-,18-,19+. The SMILES string of the molecule is CN(C)CCOc1ncc(F)c(N2C[C@@H]3[C@@H](CCNC(=O)/C=C/c4cccnc4)[C@@H]3C2)n1. The molecule has 1 amide bonds. The molecule has 0 unspecified atom stereocenters. The molecule has 2 fully saturated rings. The van der Waals surface area contributed by atoms with Crippen LogP contribution in [0.1, 0.15) is 12.0 Å². The van der Waals surface area contributed by atoms with Crippen LogP contribution in [-0.2, 0) is 4.79 Å². The number of carbonyl (C=O) groups excluding carboxylic acids is 1. The van der Waals surface area contributed by atoms with Gasteiger partial charge in [0.1, 0.15) is 6.61 Å². The lowest BCUT2D eigenvalue weighted by molar-refractivity contribution is -0.116. The van der Waals surface area contributed by atoms with Gasteiger partial charge in [-0.1, -0.05) is 6.07 Å². The minimum absolute atomic E-state index is 0.105. The van der Waals surface area contributed by atoms with Crippen molar-refractivity contribution in [2.45, 2.75) is 6.42 Å². The topological polar surface area (TPSA) is 83.5 Å². The molecule has 32 heavy (non-hydrogen) atoms. The normalized spacial score (nSPS) is 21.8. The van der Waals surface area contributed by atoms with Gasteiger partial charge in [-0.05, 0) is 56.0 Å². The number of rotatable bonds is 10. The second-order valence-corrected chi connectivity index (χ2v) is 8.57. The Hall–Kier alpha value is -3.07. The van der Waals surface area contributed by atoms with E-state index in [0.29, 0.717) is 36.7 Å². The maximum Gasteiger partial charge on any atom is 0.318 e. The number of ether oxygens (including phenoxy) is 1. The number of likely N-dealkylation sites (N-methyl/N-ethyl adjacent to an activating group) is 1. The fraction of sp³-hybridized carbons (Fsp3) is 0.478. The molecule has 0 spiro atoms. The number of pyridine rings is 1. The lowest BCUT2D eigenvalue weighted by Crippen LogP contribution is -2.28. The van der Waals surface area contributed by atoms with E-state index in [1.807, 2.05) is 36.0 Å². The van der Waals surface area contributed by atoms with Crippen LogP contribution in [0.25, 0.3) is 6.08 Å². The van der Waals surface area contributed by atoms with Crippen LogP contribution in [0.4, 0.5) is 10.2 Å². The fourth-order valence-electron chi connectivity index (χ4n) is 4.27. The number of amides is 1. The second-order valence-electron chi connectivity index (χ2n) is 8.57. The lowest BCUT2D eigenvalue weighted by Gasteiger charge is -2.21. The zero-order valence-electron chi connectivity index (χ0n) is 18.4. The van der Waals surface area contributed by atoms with Crippen molar-refractivity contribution in [3.05, 3.63) is 48.2 Å². The smallest absolute Gasteiger partial charge is 0.318 e. The van der Waals surface area contributed by atoms with Gasteiger partial charge in [0.05, 0.1) is 6.20 Å². The van der Waals surface area contributed by atoms with E-state index in [0.717, 1.165) is 31.6 Å². The number of anilines is 1. The van der Waals surface area contributed by atoms with E-state index in [1.165, 1.54) is 12.3 Å². The first-order valence-corrected chi connectivity index (χ1v) is 10.9. The summed E-state index contributed by atoms with van der Waals surface area (Å²) in [6.07, 6.45) is 8.80. The van der Waals surface area contributed by atoms with E-state index in [1.54, 1.807) is 18.5 Å². The van der Waals surface area contributed by atoms with Gasteiger partial charge in [-0.2, -0.15) is 4.98 Å². The average molecular weight is 441 g/mol. The van der Waals surface area contributed by atoms with Crippen LogP contribution < -0.4 is 15.0 Å². The summed E-state index contributed by atoms with van der Waals surface area (Å²) < 4.78 is 19.9. The minimum atomic E-state index is -0.421. The van der Waals surface area contributed by atoms with Crippen LogP contribution in [-0.4, -0.2) is 72.6 Å². The van der Waals surface area contributed by atoms with Crippen LogP contribution in [0.5, 0.6) is 6.01 Å². The van der Waals surface area contributed by atoms with Crippen LogP contribution in [0.2, 0.25) is 0 Å². The zero-order chi connectivity index (χ0) is 22.5. The van der Waals surface area contributed by atoms with E-state index in [4.69, 9.17) is 4.74 Å². The molecule has 0 aromatic carbocycles. The maximum atomic E-state index is 14.3.